The van der Waals surface area contributed by atoms with Crippen LogP contribution in [0.3, 0.4) is 0 Å². The smallest absolute Gasteiger partial charge is 0.0979 e. The van der Waals surface area contributed by atoms with Gasteiger partial charge >= 0.3 is 0 Å². The standard InChI is InChI=1S/C24H20N6.C24H18N6/c2*1-3-19-12-21-5-7-23(27-21)14-29-9-10-30(16-29)15-24-8-6-22(28-24)13-20-4-2-18(26-20)11-17(1)25-19/h1-15,25,27-28H,16H2;1-15,27H,16H2. The van der Waals surface area contributed by atoms with Crippen LogP contribution in [-0.4, -0.2) is 75.7 Å². The summed E-state index contributed by atoms with van der Waals surface area (Å²) in [5, 5.41) is 6.25. The van der Waals surface area contributed by atoms with E-state index in [1.807, 2.05) is 79.2 Å². The zero-order valence-corrected chi connectivity index (χ0v) is 32.3. The largest absolute Gasteiger partial charge is 0.355 e. The van der Waals surface area contributed by atoms with Gasteiger partial charge < -0.3 is 39.5 Å². The van der Waals surface area contributed by atoms with Crippen LogP contribution >= 0.6 is 0 Å². The van der Waals surface area contributed by atoms with Crippen molar-refractivity contribution in [1.29, 1.82) is 0 Å². The number of hydrogen-bond acceptors (Lipinski definition) is 8. The molecule has 0 fully saturated rings. The number of aliphatic imine (C=N–C) groups is 4. The van der Waals surface area contributed by atoms with Crippen molar-refractivity contribution in [2.45, 2.75) is 0 Å². The Bertz CT molecular complexity index is 3290. The highest BCUT2D eigenvalue weighted by molar-refractivity contribution is 6.20. The number of fused-ring (bicyclic) bond motifs is 16. The summed E-state index contributed by atoms with van der Waals surface area (Å²) < 4.78 is 0. The molecule has 0 unspecified atom stereocenters. The lowest BCUT2D eigenvalue weighted by Gasteiger charge is -2.14. The first kappa shape index (κ1) is 34.8. The van der Waals surface area contributed by atoms with Gasteiger partial charge in [-0.3, -0.25) is 0 Å². The van der Waals surface area contributed by atoms with E-state index in [2.05, 4.69) is 158 Å². The molecule has 12 nitrogen and oxygen atoms in total. The summed E-state index contributed by atoms with van der Waals surface area (Å²) >= 11 is 0. The third-order valence-corrected chi connectivity index (χ3v) is 10.2. The number of nitrogens with one attached hydrogen (secondary N) is 4. The van der Waals surface area contributed by atoms with Crippen molar-refractivity contribution in [2.24, 2.45) is 20.0 Å². The van der Waals surface area contributed by atoms with Gasteiger partial charge in [-0.05, 0) is 134 Å². The molecule has 4 N–H and O–H groups in total. The van der Waals surface area contributed by atoms with Crippen molar-refractivity contribution in [3.63, 3.8) is 0 Å². The molecule has 290 valence electrons. The molecule has 0 radical (unpaired) electrons. The minimum absolute atomic E-state index is 0.737. The second-order valence-electron chi connectivity index (χ2n) is 15.0. The molecule has 0 aliphatic carbocycles. The Balaban J connectivity index is 0.000000136. The minimum atomic E-state index is 0.737. The Hall–Kier alpha value is -8.38. The summed E-state index contributed by atoms with van der Waals surface area (Å²) in [5.41, 5.74) is 9.34. The van der Waals surface area contributed by atoms with Gasteiger partial charge in [-0.15, -0.1) is 0 Å². The van der Waals surface area contributed by atoms with Gasteiger partial charge in [-0.25, -0.2) is 20.0 Å². The van der Waals surface area contributed by atoms with Gasteiger partial charge in [0.2, 0.25) is 0 Å². The molecule has 4 aromatic heterocycles. The van der Waals surface area contributed by atoms with E-state index in [0.29, 0.717) is 0 Å². The van der Waals surface area contributed by atoms with E-state index in [-0.39, 0.29) is 0 Å². The normalized spacial score (nSPS) is 18.9. The number of allylic oxidation sites excluding steroid dienone is 10. The molecule has 12 rings (SSSR count). The maximum absolute atomic E-state index is 4.71. The zero-order chi connectivity index (χ0) is 39.8. The average Bonchev–Trinajstić information content (AvgIpc) is 4.06. The number of aromatic amines is 4. The van der Waals surface area contributed by atoms with Crippen LogP contribution in [0.25, 0.3) is 42.9 Å². The van der Waals surface area contributed by atoms with Crippen LogP contribution in [0.5, 0.6) is 0 Å². The molecular weight excluding hydrogens is 745 g/mol. The lowest BCUT2D eigenvalue weighted by Crippen LogP contribution is -2.23. The van der Waals surface area contributed by atoms with Gasteiger partial charge in [-0.1, -0.05) is 0 Å². The predicted octanol–water partition coefficient (Wildman–Crippen LogP) is 3.10. The van der Waals surface area contributed by atoms with Crippen molar-refractivity contribution in [3.05, 3.63) is 207 Å². The summed E-state index contributed by atoms with van der Waals surface area (Å²) in [5.74, 6) is 0. The molecule has 60 heavy (non-hydrogen) atoms. The van der Waals surface area contributed by atoms with Gasteiger partial charge in [-0.2, -0.15) is 0 Å². The van der Waals surface area contributed by atoms with Crippen molar-refractivity contribution in [2.75, 3.05) is 13.3 Å². The number of nitrogens with zero attached hydrogens (tertiary/aromatic N) is 8. The topological polar surface area (TPSA) is 126 Å². The quantitative estimate of drug-likeness (QED) is 0.219. The van der Waals surface area contributed by atoms with Gasteiger partial charge in [0, 0.05) is 77.0 Å². The molecule has 0 saturated carbocycles. The maximum Gasteiger partial charge on any atom is 0.0979 e. The van der Waals surface area contributed by atoms with Gasteiger partial charge in [0.05, 0.1) is 75.0 Å². The Kier molecular flexibility index (Phi) is 8.62. The van der Waals surface area contributed by atoms with E-state index in [4.69, 9.17) is 4.99 Å². The van der Waals surface area contributed by atoms with Crippen LogP contribution in [0.2, 0.25) is 0 Å². The van der Waals surface area contributed by atoms with Gasteiger partial charge in [0.15, 0.2) is 0 Å². The monoisotopic (exact) mass is 782 g/mol. The number of aromatic nitrogens is 4. The molecule has 8 aliphatic heterocycles. The van der Waals surface area contributed by atoms with E-state index in [1.165, 1.54) is 0 Å². The second-order valence-corrected chi connectivity index (χ2v) is 15.0. The van der Waals surface area contributed by atoms with Crippen LogP contribution in [-0.2, 0) is 0 Å². The Morgan fingerprint density at radius 2 is 0.683 bits per heavy atom. The SMILES string of the molecule is C1=CC2=NC1=CC1=NC(=CN3C=CN(C=c4ccc([nH]4)=CC4=NC(=C2)C=C4)C3)C=C1.C1=CC2=NC1=Cc1ccc([nH]1)C=c1ccc([nH]1)=CN1C=CN(C=c3ccc([nH]3)=C2)C1. The van der Waals surface area contributed by atoms with E-state index in [9.17, 15) is 0 Å². The van der Waals surface area contributed by atoms with E-state index in [1.54, 1.807) is 0 Å². The fraction of sp³-hybridized carbons (Fsp3) is 0.0417. The summed E-state index contributed by atoms with van der Waals surface area (Å²) in [6.07, 6.45) is 45.0. The van der Waals surface area contributed by atoms with Crippen LogP contribution < -0.4 is 32.1 Å². The number of H-pyrrole nitrogens is 4. The van der Waals surface area contributed by atoms with Crippen molar-refractivity contribution in [3.8, 4) is 0 Å². The highest BCUT2D eigenvalue weighted by Gasteiger charge is 2.13. The molecule has 0 amide bonds. The molecule has 12 heteroatoms. The molecular formula is C48H38N12. The van der Waals surface area contributed by atoms with Crippen molar-refractivity contribution < 1.29 is 0 Å². The van der Waals surface area contributed by atoms with Crippen LogP contribution in [0.15, 0.2) is 183 Å². The van der Waals surface area contributed by atoms with Crippen LogP contribution in [0, 0.1) is 0 Å². The lowest BCUT2D eigenvalue weighted by molar-refractivity contribution is 0.411. The summed E-state index contributed by atoms with van der Waals surface area (Å²) in [4.78, 5) is 41.0. The molecule has 8 aliphatic rings. The van der Waals surface area contributed by atoms with Gasteiger partial charge in [0.1, 0.15) is 0 Å². The Morgan fingerprint density at radius 3 is 1.18 bits per heavy atom. The predicted molar refractivity (Wildman–Crippen MR) is 241 cm³/mol. The first-order valence-electron chi connectivity index (χ1n) is 19.7. The molecule has 0 atom stereocenters. The third-order valence-electron chi connectivity index (χ3n) is 10.2. The van der Waals surface area contributed by atoms with Crippen molar-refractivity contribution in [1.82, 2.24) is 39.5 Å². The first-order valence-corrected chi connectivity index (χ1v) is 19.7. The van der Waals surface area contributed by atoms with Crippen LogP contribution in [0.4, 0.5) is 0 Å². The summed E-state index contributed by atoms with van der Waals surface area (Å²) in [6, 6.07) is 16.6. The van der Waals surface area contributed by atoms with E-state index < -0.39 is 0 Å². The molecule has 4 aromatic rings. The zero-order valence-electron chi connectivity index (χ0n) is 32.3. The highest BCUT2D eigenvalue weighted by Crippen LogP contribution is 2.19. The summed E-state index contributed by atoms with van der Waals surface area (Å²) in [7, 11) is 0. The Labute approximate surface area is 344 Å². The number of hydrogen-bond donors (Lipinski definition) is 4. The summed E-state index contributed by atoms with van der Waals surface area (Å²) in [6.45, 7) is 1.50. The first-order chi connectivity index (χ1) is 29.5. The molecule has 0 spiro atoms. The highest BCUT2D eigenvalue weighted by atomic mass is 15.3. The number of rotatable bonds is 0. The van der Waals surface area contributed by atoms with Crippen molar-refractivity contribution >= 4 is 65.8 Å². The minimum Gasteiger partial charge on any atom is -0.355 e. The molecule has 0 saturated heterocycles. The molecule has 20 bridgehead atoms. The third kappa shape index (κ3) is 7.93. The fourth-order valence-electron chi connectivity index (χ4n) is 7.48. The van der Waals surface area contributed by atoms with Gasteiger partial charge in [0.25, 0.3) is 0 Å². The second kappa shape index (κ2) is 14.8. The van der Waals surface area contributed by atoms with E-state index in [0.717, 1.165) is 102 Å². The van der Waals surface area contributed by atoms with Crippen LogP contribution in [0.1, 0.15) is 11.4 Å². The average molecular weight is 783 g/mol. The van der Waals surface area contributed by atoms with E-state index >= 15 is 0 Å². The molecule has 0 aromatic carbocycles. The fourth-order valence-corrected chi connectivity index (χ4v) is 7.48. The Morgan fingerprint density at radius 1 is 0.317 bits per heavy atom. The maximum atomic E-state index is 4.71. The lowest BCUT2D eigenvalue weighted by atomic mass is 10.2. The molecule has 12 heterocycles.